The Hall–Kier alpha value is -1.60. The molecule has 0 spiro atoms. The number of aryl methyl sites for hydroxylation is 1. The van der Waals surface area contributed by atoms with Crippen LogP contribution in [-0.2, 0) is 19.0 Å². The van der Waals surface area contributed by atoms with Crippen LogP contribution in [0.3, 0.4) is 0 Å². The highest BCUT2D eigenvalue weighted by Crippen LogP contribution is 2.40. The lowest BCUT2D eigenvalue weighted by atomic mass is 9.85. The van der Waals surface area contributed by atoms with Crippen molar-refractivity contribution in [2.24, 2.45) is 5.92 Å². The molecule has 1 aromatic carbocycles. The molecule has 7 heteroatoms. The smallest absolute Gasteiger partial charge is 0.410 e. The Balaban J connectivity index is 2.28. The molecular weight excluding hydrogens is 402 g/mol. The minimum absolute atomic E-state index is 0.132. The number of benzene rings is 1. The largest absolute Gasteiger partial charge is 0.444 e. The van der Waals surface area contributed by atoms with E-state index in [1.54, 1.807) is 29.2 Å². The second-order valence-electron chi connectivity index (χ2n) is 9.79. The van der Waals surface area contributed by atoms with Crippen LogP contribution >= 0.6 is 0 Å². The molecule has 1 saturated heterocycles. The predicted octanol–water partition coefficient (Wildman–Crippen LogP) is 5.29. The zero-order valence-electron chi connectivity index (χ0n) is 19.4. The Bertz CT molecular complexity index is 826. The second-order valence-corrected chi connectivity index (χ2v) is 11.4. The first-order valence-corrected chi connectivity index (χ1v) is 12.2. The summed E-state index contributed by atoms with van der Waals surface area (Å²) in [5.74, 6) is 0.477. The number of hydrogen-bond acceptors (Lipinski definition) is 5. The van der Waals surface area contributed by atoms with Crippen molar-refractivity contribution < 1.29 is 22.1 Å². The molecule has 1 aliphatic rings. The van der Waals surface area contributed by atoms with E-state index in [0.29, 0.717) is 18.8 Å². The quantitative estimate of drug-likeness (QED) is 0.539. The predicted molar refractivity (Wildman–Crippen MR) is 118 cm³/mol. The normalized spacial score (nSPS) is 22.5. The van der Waals surface area contributed by atoms with Crippen molar-refractivity contribution in [1.29, 1.82) is 0 Å². The molecular formula is C23H37NO5S. The Labute approximate surface area is 182 Å². The van der Waals surface area contributed by atoms with E-state index in [9.17, 15) is 13.2 Å². The Morgan fingerprint density at radius 1 is 1.23 bits per heavy atom. The molecule has 0 saturated carbocycles. The number of ether oxygens (including phenoxy) is 1. The van der Waals surface area contributed by atoms with Gasteiger partial charge in [0.1, 0.15) is 5.60 Å². The molecule has 1 aromatic rings. The Morgan fingerprint density at radius 3 is 2.33 bits per heavy atom. The van der Waals surface area contributed by atoms with E-state index < -0.39 is 33.5 Å². The van der Waals surface area contributed by atoms with Crippen molar-refractivity contribution in [2.75, 3.05) is 6.54 Å². The fourth-order valence-corrected chi connectivity index (χ4v) is 4.96. The van der Waals surface area contributed by atoms with Crippen LogP contribution in [0.15, 0.2) is 29.2 Å². The summed E-state index contributed by atoms with van der Waals surface area (Å²) in [6.45, 7) is 13.9. The zero-order chi connectivity index (χ0) is 22.7. The molecule has 30 heavy (non-hydrogen) atoms. The summed E-state index contributed by atoms with van der Waals surface area (Å²) in [7, 11) is -3.91. The van der Waals surface area contributed by atoms with E-state index in [2.05, 4.69) is 13.8 Å². The Morgan fingerprint density at radius 2 is 1.83 bits per heavy atom. The molecule has 0 N–H and O–H groups in total. The van der Waals surface area contributed by atoms with Gasteiger partial charge in [-0.1, -0.05) is 38.5 Å². The molecule has 0 radical (unpaired) electrons. The van der Waals surface area contributed by atoms with Gasteiger partial charge < -0.3 is 4.74 Å². The monoisotopic (exact) mass is 439 g/mol. The van der Waals surface area contributed by atoms with Crippen molar-refractivity contribution in [1.82, 2.24) is 4.90 Å². The molecule has 1 amide bonds. The van der Waals surface area contributed by atoms with E-state index in [0.717, 1.165) is 18.4 Å². The van der Waals surface area contributed by atoms with Gasteiger partial charge in [0.2, 0.25) is 0 Å². The maximum Gasteiger partial charge on any atom is 0.410 e. The topological polar surface area (TPSA) is 72.9 Å². The number of amides is 1. The van der Waals surface area contributed by atoms with Crippen LogP contribution in [0.1, 0.15) is 72.8 Å². The van der Waals surface area contributed by atoms with Crippen LogP contribution in [0, 0.1) is 12.8 Å². The van der Waals surface area contributed by atoms with Crippen molar-refractivity contribution in [3.05, 3.63) is 29.8 Å². The van der Waals surface area contributed by atoms with Gasteiger partial charge in [-0.2, -0.15) is 8.42 Å². The van der Waals surface area contributed by atoms with E-state index in [-0.39, 0.29) is 11.4 Å². The average molecular weight is 440 g/mol. The van der Waals surface area contributed by atoms with Crippen LogP contribution in [0.5, 0.6) is 0 Å². The van der Waals surface area contributed by atoms with Crippen molar-refractivity contribution in [3.63, 3.8) is 0 Å². The van der Waals surface area contributed by atoms with Gasteiger partial charge >= 0.3 is 6.09 Å². The minimum Gasteiger partial charge on any atom is -0.444 e. The maximum atomic E-state index is 13.0. The SMILES string of the molecule is CC[C@]1(CCC(C)C)C[C@@H](OS(=O)(=O)c2ccc(C)cc2)CN1C(=O)OC(C)(C)C. The van der Waals surface area contributed by atoms with E-state index in [1.165, 1.54) is 0 Å². The molecule has 1 fully saturated rings. The summed E-state index contributed by atoms with van der Waals surface area (Å²) in [4.78, 5) is 14.8. The van der Waals surface area contributed by atoms with Gasteiger partial charge in [0.25, 0.3) is 10.1 Å². The van der Waals surface area contributed by atoms with Crippen LogP contribution in [0.25, 0.3) is 0 Å². The van der Waals surface area contributed by atoms with Gasteiger partial charge in [-0.05, 0) is 65.0 Å². The molecule has 0 bridgehead atoms. The van der Waals surface area contributed by atoms with Crippen molar-refractivity contribution >= 4 is 16.2 Å². The lowest BCUT2D eigenvalue weighted by Gasteiger charge is -2.39. The first kappa shape index (κ1) is 24.7. The summed E-state index contributed by atoms with van der Waals surface area (Å²) in [5.41, 5.74) is -0.119. The van der Waals surface area contributed by atoms with Gasteiger partial charge in [0.15, 0.2) is 0 Å². The fraction of sp³-hybridized carbons (Fsp3) is 0.696. The third-order valence-corrected chi connectivity index (χ3v) is 6.97. The molecule has 1 heterocycles. The van der Waals surface area contributed by atoms with E-state index >= 15 is 0 Å². The summed E-state index contributed by atoms with van der Waals surface area (Å²) >= 11 is 0. The summed E-state index contributed by atoms with van der Waals surface area (Å²) in [6.07, 6.45) is 1.89. The van der Waals surface area contributed by atoms with Crippen LogP contribution in [0.2, 0.25) is 0 Å². The highest BCUT2D eigenvalue weighted by atomic mass is 32.2. The lowest BCUT2D eigenvalue weighted by Crippen LogP contribution is -2.49. The number of likely N-dealkylation sites (tertiary alicyclic amines) is 1. The van der Waals surface area contributed by atoms with E-state index in [1.807, 2.05) is 34.6 Å². The lowest BCUT2D eigenvalue weighted by molar-refractivity contribution is 0.00399. The van der Waals surface area contributed by atoms with Gasteiger partial charge in [-0.15, -0.1) is 0 Å². The standard InChI is InChI=1S/C23H37NO5S/c1-8-23(14-13-17(2)3)15-19(16-24(23)21(25)28-22(5,6)7)29-30(26,27)20-11-9-18(4)10-12-20/h9-12,17,19H,8,13-16H2,1-7H3/t19-,23+/m1/s1. The Kier molecular flexibility index (Phi) is 7.62. The second kappa shape index (κ2) is 9.27. The van der Waals surface area contributed by atoms with Gasteiger partial charge in [0, 0.05) is 12.0 Å². The van der Waals surface area contributed by atoms with E-state index in [4.69, 9.17) is 8.92 Å². The number of nitrogens with zero attached hydrogens (tertiary/aromatic N) is 1. The highest BCUT2D eigenvalue weighted by Gasteiger charge is 2.49. The molecule has 0 aliphatic carbocycles. The number of rotatable bonds is 7. The van der Waals surface area contributed by atoms with Crippen LogP contribution < -0.4 is 0 Å². The number of carbonyl (C=O) groups is 1. The van der Waals surface area contributed by atoms with Crippen LogP contribution in [0.4, 0.5) is 4.79 Å². The summed E-state index contributed by atoms with van der Waals surface area (Å²) < 4.78 is 36.9. The number of hydrogen-bond donors (Lipinski definition) is 0. The van der Waals surface area contributed by atoms with Crippen molar-refractivity contribution in [3.8, 4) is 0 Å². The third-order valence-electron chi connectivity index (χ3n) is 5.60. The molecule has 170 valence electrons. The first-order chi connectivity index (χ1) is 13.8. The number of carbonyl (C=O) groups excluding carboxylic acids is 1. The molecule has 2 atom stereocenters. The highest BCUT2D eigenvalue weighted by molar-refractivity contribution is 7.86. The maximum absolute atomic E-state index is 13.0. The molecule has 6 nitrogen and oxygen atoms in total. The van der Waals surface area contributed by atoms with Gasteiger partial charge in [0.05, 0.1) is 17.5 Å². The van der Waals surface area contributed by atoms with Crippen molar-refractivity contribution in [2.45, 2.75) is 96.3 Å². The molecule has 0 aromatic heterocycles. The van der Waals surface area contributed by atoms with Gasteiger partial charge in [-0.3, -0.25) is 9.08 Å². The molecule has 1 aliphatic heterocycles. The summed E-state index contributed by atoms with van der Waals surface area (Å²) in [6, 6.07) is 6.60. The first-order valence-electron chi connectivity index (χ1n) is 10.8. The zero-order valence-corrected chi connectivity index (χ0v) is 20.2. The average Bonchev–Trinajstić information content (AvgIpc) is 2.97. The van der Waals surface area contributed by atoms with Gasteiger partial charge in [-0.25, -0.2) is 4.79 Å². The minimum atomic E-state index is -3.91. The molecule has 0 unspecified atom stereocenters. The molecule has 2 rings (SSSR count). The fourth-order valence-electron chi connectivity index (χ4n) is 3.89. The summed E-state index contributed by atoms with van der Waals surface area (Å²) in [5, 5.41) is 0. The third kappa shape index (κ3) is 6.20. The van der Waals surface area contributed by atoms with Crippen LogP contribution in [-0.4, -0.2) is 43.2 Å².